The maximum absolute atomic E-state index is 5.81. The van der Waals surface area contributed by atoms with E-state index in [1.165, 1.54) is 5.56 Å². The van der Waals surface area contributed by atoms with Crippen molar-refractivity contribution in [3.8, 4) is 0 Å². The molecule has 2 nitrogen and oxygen atoms in total. The molecule has 0 radical (unpaired) electrons. The van der Waals surface area contributed by atoms with Gasteiger partial charge in [0, 0.05) is 12.0 Å². The molecule has 0 aliphatic heterocycles. The smallest absolute Gasteiger partial charge is 0.147 e. The van der Waals surface area contributed by atoms with Crippen LogP contribution in [0.3, 0.4) is 0 Å². The summed E-state index contributed by atoms with van der Waals surface area (Å²) < 4.78 is 10.7. The molecular weight excluding hydrogens is 224 g/mol. The van der Waals surface area contributed by atoms with Crippen molar-refractivity contribution in [1.29, 1.82) is 0 Å². The van der Waals surface area contributed by atoms with Gasteiger partial charge in [-0.15, -0.1) is 11.6 Å². The van der Waals surface area contributed by atoms with Gasteiger partial charge in [-0.3, -0.25) is 0 Å². The van der Waals surface area contributed by atoms with Crippen LogP contribution in [0.5, 0.6) is 0 Å². The van der Waals surface area contributed by atoms with Crippen LogP contribution < -0.4 is 0 Å². The second-order valence-electron chi connectivity index (χ2n) is 3.78. The highest BCUT2D eigenvalue weighted by Gasteiger charge is 1.96. The number of ether oxygens (including phenoxy) is 2. The molecule has 1 atom stereocenters. The van der Waals surface area contributed by atoms with Gasteiger partial charge < -0.3 is 9.47 Å². The molecule has 1 rings (SSSR count). The molecule has 0 aliphatic rings. The van der Waals surface area contributed by atoms with Crippen LogP contribution in [0.25, 0.3) is 0 Å². The Morgan fingerprint density at radius 2 is 1.94 bits per heavy atom. The van der Waals surface area contributed by atoms with E-state index in [4.69, 9.17) is 21.1 Å². The van der Waals surface area contributed by atoms with Gasteiger partial charge in [-0.1, -0.05) is 30.3 Å². The topological polar surface area (TPSA) is 18.5 Å². The van der Waals surface area contributed by atoms with Crippen molar-refractivity contribution in [3.05, 3.63) is 35.9 Å². The summed E-state index contributed by atoms with van der Waals surface area (Å²) in [4.78, 5) is 0. The third-order valence-electron chi connectivity index (χ3n) is 2.17. The Kier molecular flexibility index (Phi) is 7.23. The van der Waals surface area contributed by atoms with Crippen LogP contribution in [-0.2, 0) is 16.1 Å². The standard InChI is InChI=1S/C13H19ClO2/c1-12(14)6-5-9-15-11-16-10-13-7-3-2-4-8-13/h2-4,7-8,12H,5-6,9-11H2,1H3. The largest absolute Gasteiger partial charge is 0.355 e. The Morgan fingerprint density at radius 1 is 1.19 bits per heavy atom. The molecule has 0 aromatic heterocycles. The van der Waals surface area contributed by atoms with Crippen molar-refractivity contribution in [1.82, 2.24) is 0 Å². The molecule has 0 N–H and O–H groups in total. The first-order valence-corrected chi connectivity index (χ1v) is 6.06. The first kappa shape index (κ1) is 13.5. The second-order valence-corrected chi connectivity index (χ2v) is 4.53. The highest BCUT2D eigenvalue weighted by molar-refractivity contribution is 6.20. The molecule has 0 bridgehead atoms. The predicted octanol–water partition coefficient (Wildman–Crippen LogP) is 3.58. The summed E-state index contributed by atoms with van der Waals surface area (Å²) in [6.45, 7) is 3.66. The van der Waals surface area contributed by atoms with Gasteiger partial charge in [0.25, 0.3) is 0 Å². The van der Waals surface area contributed by atoms with Gasteiger partial charge in [-0.25, -0.2) is 0 Å². The Bertz CT molecular complexity index is 262. The van der Waals surface area contributed by atoms with Gasteiger partial charge in [0.05, 0.1) is 6.61 Å². The Hall–Kier alpha value is -0.570. The Labute approximate surface area is 103 Å². The van der Waals surface area contributed by atoms with Gasteiger partial charge >= 0.3 is 0 Å². The zero-order valence-electron chi connectivity index (χ0n) is 9.69. The summed E-state index contributed by atoms with van der Waals surface area (Å²) in [6, 6.07) is 10.1. The molecule has 0 aliphatic carbocycles. The summed E-state index contributed by atoms with van der Waals surface area (Å²) in [5, 5.41) is 0.230. The fourth-order valence-electron chi connectivity index (χ4n) is 1.32. The van der Waals surface area contributed by atoms with Gasteiger partial charge in [0.15, 0.2) is 0 Å². The SMILES string of the molecule is CC(Cl)CCCOCOCc1ccccc1. The minimum Gasteiger partial charge on any atom is -0.355 e. The molecule has 0 heterocycles. The number of benzene rings is 1. The summed E-state index contributed by atoms with van der Waals surface area (Å²) >= 11 is 5.81. The molecule has 0 spiro atoms. The quantitative estimate of drug-likeness (QED) is 0.394. The van der Waals surface area contributed by atoms with Gasteiger partial charge in [-0.2, -0.15) is 0 Å². The molecule has 3 heteroatoms. The van der Waals surface area contributed by atoms with E-state index < -0.39 is 0 Å². The fourth-order valence-corrected chi connectivity index (χ4v) is 1.47. The third-order valence-corrected chi connectivity index (χ3v) is 2.39. The molecule has 1 aromatic rings. The van der Waals surface area contributed by atoms with Crippen molar-refractivity contribution in [3.63, 3.8) is 0 Å². The van der Waals surface area contributed by atoms with Crippen LogP contribution in [0.1, 0.15) is 25.3 Å². The van der Waals surface area contributed by atoms with E-state index >= 15 is 0 Å². The molecule has 16 heavy (non-hydrogen) atoms. The van der Waals surface area contributed by atoms with Crippen LogP contribution in [-0.4, -0.2) is 18.8 Å². The minimum atomic E-state index is 0.230. The number of hydrogen-bond acceptors (Lipinski definition) is 2. The highest BCUT2D eigenvalue weighted by atomic mass is 35.5. The van der Waals surface area contributed by atoms with E-state index in [0.717, 1.165) is 12.8 Å². The molecule has 1 aromatic carbocycles. The van der Waals surface area contributed by atoms with E-state index in [0.29, 0.717) is 20.0 Å². The van der Waals surface area contributed by atoms with E-state index in [-0.39, 0.29) is 5.38 Å². The van der Waals surface area contributed by atoms with E-state index in [1.54, 1.807) is 0 Å². The van der Waals surface area contributed by atoms with E-state index in [1.807, 2.05) is 37.3 Å². The maximum atomic E-state index is 5.81. The lowest BCUT2D eigenvalue weighted by Crippen LogP contribution is -2.03. The molecule has 1 unspecified atom stereocenters. The van der Waals surface area contributed by atoms with E-state index in [2.05, 4.69) is 0 Å². The molecule has 0 saturated carbocycles. The lowest BCUT2D eigenvalue weighted by atomic mass is 10.2. The lowest BCUT2D eigenvalue weighted by Gasteiger charge is -2.06. The van der Waals surface area contributed by atoms with E-state index in [9.17, 15) is 0 Å². The van der Waals surface area contributed by atoms with Crippen molar-refractivity contribution >= 4 is 11.6 Å². The van der Waals surface area contributed by atoms with Crippen LogP contribution in [0.4, 0.5) is 0 Å². The first-order valence-electron chi connectivity index (χ1n) is 5.62. The molecule has 0 amide bonds. The summed E-state index contributed by atoms with van der Waals surface area (Å²) in [6.07, 6.45) is 1.97. The Balaban J connectivity index is 1.93. The third kappa shape index (κ3) is 6.83. The monoisotopic (exact) mass is 242 g/mol. The zero-order chi connectivity index (χ0) is 11.6. The maximum Gasteiger partial charge on any atom is 0.147 e. The number of alkyl halides is 1. The average molecular weight is 243 g/mol. The molecule has 0 fully saturated rings. The number of hydrogen-bond donors (Lipinski definition) is 0. The first-order chi connectivity index (χ1) is 7.79. The normalized spacial score (nSPS) is 12.6. The van der Waals surface area contributed by atoms with Crippen LogP contribution in [0, 0.1) is 0 Å². The number of rotatable bonds is 8. The van der Waals surface area contributed by atoms with Crippen molar-refractivity contribution in [2.45, 2.75) is 31.7 Å². The molecule has 90 valence electrons. The summed E-state index contributed by atoms with van der Waals surface area (Å²) in [7, 11) is 0. The van der Waals surface area contributed by atoms with Gasteiger partial charge in [0.1, 0.15) is 6.79 Å². The minimum absolute atomic E-state index is 0.230. The van der Waals surface area contributed by atoms with Crippen LogP contribution in [0.15, 0.2) is 30.3 Å². The zero-order valence-corrected chi connectivity index (χ0v) is 10.5. The van der Waals surface area contributed by atoms with Crippen molar-refractivity contribution < 1.29 is 9.47 Å². The number of halogens is 1. The van der Waals surface area contributed by atoms with Crippen molar-refractivity contribution in [2.24, 2.45) is 0 Å². The van der Waals surface area contributed by atoms with Gasteiger partial charge in [-0.05, 0) is 25.3 Å². The predicted molar refractivity (Wildman–Crippen MR) is 66.6 cm³/mol. The summed E-state index contributed by atoms with van der Waals surface area (Å²) in [5.74, 6) is 0. The highest BCUT2D eigenvalue weighted by Crippen LogP contribution is 2.04. The van der Waals surface area contributed by atoms with Crippen molar-refractivity contribution in [2.75, 3.05) is 13.4 Å². The Morgan fingerprint density at radius 3 is 2.62 bits per heavy atom. The lowest BCUT2D eigenvalue weighted by molar-refractivity contribution is -0.0622. The van der Waals surface area contributed by atoms with Gasteiger partial charge in [0.2, 0.25) is 0 Å². The van der Waals surface area contributed by atoms with Crippen LogP contribution in [0.2, 0.25) is 0 Å². The molecular formula is C13H19ClO2. The molecule has 0 saturated heterocycles. The average Bonchev–Trinajstić information content (AvgIpc) is 2.29. The fraction of sp³-hybridized carbons (Fsp3) is 0.538. The van der Waals surface area contributed by atoms with Crippen LogP contribution >= 0.6 is 11.6 Å². The summed E-state index contributed by atoms with van der Waals surface area (Å²) in [5.41, 5.74) is 1.17. The second kappa shape index (κ2) is 8.57.